The van der Waals surface area contributed by atoms with Gasteiger partial charge in [-0.1, -0.05) is 24.6 Å². The Morgan fingerprint density at radius 3 is 2.19 bits per heavy atom. The van der Waals surface area contributed by atoms with E-state index in [-0.39, 0.29) is 18.7 Å². The van der Waals surface area contributed by atoms with Gasteiger partial charge in [-0.3, -0.25) is 19.3 Å². The molecule has 0 saturated carbocycles. The summed E-state index contributed by atoms with van der Waals surface area (Å²) in [5, 5.41) is 22.4. The highest BCUT2D eigenvalue weighted by Crippen LogP contribution is 2.35. The second-order valence-corrected chi connectivity index (χ2v) is 8.77. The van der Waals surface area contributed by atoms with Gasteiger partial charge in [0.05, 0.1) is 6.54 Å². The highest BCUT2D eigenvalue weighted by molar-refractivity contribution is 6.09. The summed E-state index contributed by atoms with van der Waals surface area (Å²) in [6, 6.07) is 5.22. The second kappa shape index (κ2) is 12.5. The molecule has 9 nitrogen and oxygen atoms in total. The van der Waals surface area contributed by atoms with Crippen LogP contribution in [-0.4, -0.2) is 64.7 Å². The van der Waals surface area contributed by atoms with E-state index in [1.54, 1.807) is 24.3 Å². The van der Waals surface area contributed by atoms with E-state index >= 15 is 0 Å². The van der Waals surface area contributed by atoms with Gasteiger partial charge in [0.2, 0.25) is 11.8 Å². The third kappa shape index (κ3) is 8.08. The topological polar surface area (TPSA) is 136 Å². The molecule has 1 unspecified atom stereocenters. The molecule has 0 aromatic heterocycles. The number of piperidine rings is 1. The molecule has 4 N–H and O–H groups in total. The van der Waals surface area contributed by atoms with Crippen LogP contribution in [0.15, 0.2) is 30.4 Å². The molecule has 0 spiro atoms. The molecule has 0 radical (unpaired) electrons. The van der Waals surface area contributed by atoms with E-state index in [4.69, 9.17) is 9.90 Å². The molecule has 1 aromatic rings. The van der Waals surface area contributed by atoms with Gasteiger partial charge in [-0.15, -0.1) is 0 Å². The first-order valence-electron chi connectivity index (χ1n) is 11.5. The highest BCUT2D eigenvalue weighted by atomic mass is 19.4. The van der Waals surface area contributed by atoms with Gasteiger partial charge in [0.1, 0.15) is 5.41 Å². The van der Waals surface area contributed by atoms with E-state index in [0.29, 0.717) is 24.3 Å². The maximum Gasteiger partial charge on any atom is 0.490 e. The number of nitrogens with zero attached hydrogens (tertiary/aromatic N) is 1. The standard InChI is InChI=1S/C22H29N3O4.C2HF3O2/c1-16-8-9-17(23-20(27)22(21(28)29)10-4-2-5-11-22)14-18(16)24-19(26)15-25-12-6-3-7-13-25;3-2(4,5)1(6)7/h2,4,8-9,14H,3,5-7,10-13,15H2,1H3,(H,23,27)(H,24,26)(H,28,29);(H,6,7). The Kier molecular flexibility index (Phi) is 10.0. The zero-order valence-corrected chi connectivity index (χ0v) is 19.9. The number of nitrogens with one attached hydrogen (secondary N) is 2. The molecular formula is C24H30F3N3O6. The largest absolute Gasteiger partial charge is 0.490 e. The molecule has 1 atom stereocenters. The molecule has 12 heteroatoms. The van der Waals surface area contributed by atoms with Crippen molar-refractivity contribution >= 4 is 35.1 Å². The van der Waals surface area contributed by atoms with Gasteiger partial charge < -0.3 is 20.8 Å². The Morgan fingerprint density at radius 2 is 1.67 bits per heavy atom. The van der Waals surface area contributed by atoms with E-state index in [2.05, 4.69) is 15.5 Å². The zero-order chi connectivity index (χ0) is 26.9. The van der Waals surface area contributed by atoms with Crippen LogP contribution >= 0.6 is 0 Å². The number of carboxylic acids is 2. The number of hydrogen-bond acceptors (Lipinski definition) is 5. The van der Waals surface area contributed by atoms with E-state index in [1.807, 2.05) is 13.0 Å². The number of amides is 2. The number of allylic oxidation sites excluding steroid dienone is 2. The lowest BCUT2D eigenvalue weighted by atomic mass is 9.76. The van der Waals surface area contributed by atoms with Crippen molar-refractivity contribution in [3.8, 4) is 0 Å². The maximum atomic E-state index is 12.8. The summed E-state index contributed by atoms with van der Waals surface area (Å²) in [4.78, 5) is 48.1. The first-order valence-corrected chi connectivity index (χ1v) is 11.5. The van der Waals surface area contributed by atoms with Crippen LogP contribution in [0.1, 0.15) is 44.1 Å². The van der Waals surface area contributed by atoms with Crippen molar-refractivity contribution in [3.05, 3.63) is 35.9 Å². The molecule has 3 rings (SSSR count). The van der Waals surface area contributed by atoms with Gasteiger partial charge in [-0.05, 0) is 69.8 Å². The van der Waals surface area contributed by atoms with Crippen LogP contribution in [0, 0.1) is 12.3 Å². The number of alkyl halides is 3. The monoisotopic (exact) mass is 513 g/mol. The van der Waals surface area contributed by atoms with Crippen LogP contribution in [0.2, 0.25) is 0 Å². The van der Waals surface area contributed by atoms with Crippen LogP contribution in [0.3, 0.4) is 0 Å². The number of carbonyl (C=O) groups is 4. The number of carboxylic acid groups (broad SMARTS) is 2. The fourth-order valence-electron chi connectivity index (χ4n) is 3.93. The lowest BCUT2D eigenvalue weighted by Crippen LogP contribution is -2.43. The van der Waals surface area contributed by atoms with Crippen LogP contribution in [-0.2, 0) is 19.2 Å². The molecule has 1 aliphatic carbocycles. The SMILES string of the molecule is Cc1ccc(NC(=O)C2(C(=O)O)CC=CCC2)cc1NC(=O)CN1CCCCC1.O=C(O)C(F)(F)F. The first kappa shape index (κ1) is 28.8. The average molecular weight is 514 g/mol. The van der Waals surface area contributed by atoms with Gasteiger partial charge in [0.15, 0.2) is 0 Å². The van der Waals surface area contributed by atoms with Crippen molar-refractivity contribution in [3.63, 3.8) is 0 Å². The summed E-state index contributed by atoms with van der Waals surface area (Å²) < 4.78 is 31.7. The van der Waals surface area contributed by atoms with Crippen molar-refractivity contribution in [2.75, 3.05) is 30.3 Å². The summed E-state index contributed by atoms with van der Waals surface area (Å²) in [5.74, 6) is -4.48. The van der Waals surface area contributed by atoms with Gasteiger partial charge in [-0.2, -0.15) is 13.2 Å². The Bertz CT molecular complexity index is 1010. The maximum absolute atomic E-state index is 12.8. The molecule has 2 aliphatic rings. The third-order valence-corrected chi connectivity index (χ3v) is 6.04. The van der Waals surface area contributed by atoms with E-state index in [0.717, 1.165) is 31.5 Å². The Morgan fingerprint density at radius 1 is 1.03 bits per heavy atom. The van der Waals surface area contributed by atoms with Gasteiger partial charge >= 0.3 is 18.1 Å². The minimum Gasteiger partial charge on any atom is -0.480 e. The lowest BCUT2D eigenvalue weighted by molar-refractivity contribution is -0.192. The molecule has 1 heterocycles. The van der Waals surface area contributed by atoms with Crippen LogP contribution < -0.4 is 10.6 Å². The number of anilines is 2. The van der Waals surface area contributed by atoms with Crippen molar-refractivity contribution in [1.82, 2.24) is 4.90 Å². The number of aliphatic carboxylic acids is 2. The molecular weight excluding hydrogens is 483 g/mol. The molecule has 1 fully saturated rings. The predicted octanol–water partition coefficient (Wildman–Crippen LogP) is 3.80. The quantitative estimate of drug-likeness (QED) is 0.336. The number of rotatable bonds is 6. The molecule has 2 amide bonds. The zero-order valence-electron chi connectivity index (χ0n) is 19.9. The molecule has 1 aliphatic heterocycles. The minimum atomic E-state index is -5.08. The smallest absolute Gasteiger partial charge is 0.480 e. The summed E-state index contributed by atoms with van der Waals surface area (Å²) in [6.45, 7) is 4.11. The van der Waals surface area contributed by atoms with Crippen LogP contribution in [0.5, 0.6) is 0 Å². The van der Waals surface area contributed by atoms with Crippen molar-refractivity contribution in [2.24, 2.45) is 5.41 Å². The van der Waals surface area contributed by atoms with E-state index in [1.165, 1.54) is 6.42 Å². The number of benzene rings is 1. The van der Waals surface area contributed by atoms with Gasteiger partial charge in [0, 0.05) is 11.4 Å². The van der Waals surface area contributed by atoms with Crippen LogP contribution in [0.4, 0.5) is 24.5 Å². The van der Waals surface area contributed by atoms with Gasteiger partial charge in [0.25, 0.3) is 0 Å². The third-order valence-electron chi connectivity index (χ3n) is 6.04. The highest BCUT2D eigenvalue weighted by Gasteiger charge is 2.45. The normalized spacial score (nSPS) is 20.0. The van der Waals surface area contributed by atoms with Crippen molar-refractivity contribution in [1.29, 1.82) is 0 Å². The number of aryl methyl sites for hydroxylation is 1. The average Bonchev–Trinajstić information content (AvgIpc) is 2.82. The van der Waals surface area contributed by atoms with Crippen molar-refractivity contribution in [2.45, 2.75) is 51.6 Å². The number of hydrogen-bond donors (Lipinski definition) is 4. The summed E-state index contributed by atoms with van der Waals surface area (Å²) in [5.41, 5.74) is 0.530. The number of halogens is 3. The first-order chi connectivity index (χ1) is 16.8. The summed E-state index contributed by atoms with van der Waals surface area (Å²) in [6.07, 6.45) is 3.03. The number of likely N-dealkylation sites (tertiary alicyclic amines) is 1. The summed E-state index contributed by atoms with van der Waals surface area (Å²) >= 11 is 0. The lowest BCUT2D eigenvalue weighted by Gasteiger charge is -2.29. The van der Waals surface area contributed by atoms with E-state index < -0.39 is 29.4 Å². The Labute approximate surface area is 206 Å². The Balaban J connectivity index is 0.000000572. The van der Waals surface area contributed by atoms with E-state index in [9.17, 15) is 32.7 Å². The Hall–Kier alpha value is -3.41. The molecule has 36 heavy (non-hydrogen) atoms. The van der Waals surface area contributed by atoms with Crippen LogP contribution in [0.25, 0.3) is 0 Å². The fraction of sp³-hybridized carbons (Fsp3) is 0.500. The van der Waals surface area contributed by atoms with Crippen molar-refractivity contribution < 1.29 is 42.6 Å². The minimum absolute atomic E-state index is 0.0853. The molecule has 0 bridgehead atoms. The molecule has 1 saturated heterocycles. The second-order valence-electron chi connectivity index (χ2n) is 8.77. The molecule has 1 aromatic carbocycles. The number of carbonyl (C=O) groups excluding carboxylic acids is 2. The van der Waals surface area contributed by atoms with Gasteiger partial charge in [-0.25, -0.2) is 4.79 Å². The summed E-state index contributed by atoms with van der Waals surface area (Å²) in [7, 11) is 0. The molecule has 198 valence electrons. The fourth-order valence-corrected chi connectivity index (χ4v) is 3.93. The predicted molar refractivity (Wildman–Crippen MR) is 125 cm³/mol.